The largest absolute Gasteiger partial charge is 0.478 e. The van der Waals surface area contributed by atoms with E-state index in [2.05, 4.69) is 0 Å². The van der Waals surface area contributed by atoms with Crippen molar-refractivity contribution in [3.05, 3.63) is 59.2 Å². The lowest BCUT2D eigenvalue weighted by Crippen LogP contribution is -2.33. The van der Waals surface area contributed by atoms with Crippen LogP contribution in [-0.2, 0) is 22.5 Å². The number of methoxy groups -OCH3 is 1. The molecule has 0 fully saturated rings. The summed E-state index contributed by atoms with van der Waals surface area (Å²) in [6, 6.07) is 12.4. The molecule has 0 aromatic heterocycles. The molecule has 7 heteroatoms. The van der Waals surface area contributed by atoms with E-state index in [9.17, 15) is 14.7 Å². The number of amides is 1. The summed E-state index contributed by atoms with van der Waals surface area (Å²) in [5.41, 5.74) is 1.81. The highest BCUT2D eigenvalue weighted by Crippen LogP contribution is 2.32. The molecule has 0 atom stereocenters. The molecule has 2 aromatic carbocycles. The van der Waals surface area contributed by atoms with Gasteiger partial charge in [0.2, 0.25) is 12.7 Å². The third-order valence-corrected chi connectivity index (χ3v) is 4.58. The Morgan fingerprint density at radius 2 is 1.93 bits per heavy atom. The van der Waals surface area contributed by atoms with E-state index in [1.54, 1.807) is 36.3 Å². The minimum absolute atomic E-state index is 0.0603. The van der Waals surface area contributed by atoms with Crippen LogP contribution < -0.4 is 9.47 Å². The first-order chi connectivity index (χ1) is 13.6. The lowest BCUT2D eigenvalue weighted by molar-refractivity contribution is -0.132. The van der Waals surface area contributed by atoms with E-state index in [-0.39, 0.29) is 24.7 Å². The maximum atomic E-state index is 12.8. The third kappa shape index (κ3) is 4.80. The highest BCUT2D eigenvalue weighted by Gasteiger charge is 2.18. The minimum Gasteiger partial charge on any atom is -0.478 e. The van der Waals surface area contributed by atoms with Crippen LogP contribution in [0.3, 0.4) is 0 Å². The molecule has 1 aliphatic heterocycles. The molecule has 148 valence electrons. The molecule has 1 N–H and O–H groups in total. The summed E-state index contributed by atoms with van der Waals surface area (Å²) < 4.78 is 15.8. The van der Waals surface area contributed by atoms with Crippen LogP contribution in [0.2, 0.25) is 0 Å². The number of carboxylic acid groups (broad SMARTS) is 1. The number of ether oxygens (including phenoxy) is 3. The first-order valence-corrected chi connectivity index (χ1v) is 9.05. The molecule has 0 saturated heterocycles. The zero-order chi connectivity index (χ0) is 19.9. The Kier molecular flexibility index (Phi) is 6.49. The zero-order valence-electron chi connectivity index (χ0n) is 15.7. The van der Waals surface area contributed by atoms with Crippen LogP contribution in [0.25, 0.3) is 0 Å². The predicted molar refractivity (Wildman–Crippen MR) is 102 cm³/mol. The molecule has 0 saturated carbocycles. The summed E-state index contributed by atoms with van der Waals surface area (Å²) in [5, 5.41) is 9.29. The smallest absolute Gasteiger partial charge is 0.335 e. The summed E-state index contributed by atoms with van der Waals surface area (Å²) >= 11 is 0. The molecule has 0 radical (unpaired) electrons. The highest BCUT2D eigenvalue weighted by molar-refractivity contribution is 5.89. The average Bonchev–Trinajstić information content (AvgIpc) is 3.17. The van der Waals surface area contributed by atoms with Crippen molar-refractivity contribution in [1.82, 2.24) is 4.90 Å². The summed E-state index contributed by atoms with van der Waals surface area (Å²) in [6.07, 6.45) is 0.588. The zero-order valence-corrected chi connectivity index (χ0v) is 15.7. The molecule has 2 aromatic rings. The third-order valence-electron chi connectivity index (χ3n) is 4.58. The number of aryl methyl sites for hydroxylation is 1. The van der Waals surface area contributed by atoms with E-state index in [0.717, 1.165) is 5.56 Å². The van der Waals surface area contributed by atoms with Crippen LogP contribution >= 0.6 is 0 Å². The molecule has 3 rings (SSSR count). The van der Waals surface area contributed by atoms with Gasteiger partial charge in [0.05, 0.1) is 12.2 Å². The average molecular weight is 385 g/mol. The van der Waals surface area contributed by atoms with E-state index in [1.807, 2.05) is 18.2 Å². The van der Waals surface area contributed by atoms with Crippen molar-refractivity contribution >= 4 is 11.9 Å². The Bertz CT molecular complexity index is 851. The predicted octanol–water partition coefficient (Wildman–Crippen LogP) is 2.72. The molecular weight excluding hydrogens is 362 g/mol. The fraction of sp³-hybridized carbons (Fsp3) is 0.333. The van der Waals surface area contributed by atoms with Crippen molar-refractivity contribution in [3.63, 3.8) is 0 Å². The maximum absolute atomic E-state index is 12.8. The van der Waals surface area contributed by atoms with Gasteiger partial charge in [-0.15, -0.1) is 0 Å². The van der Waals surface area contributed by atoms with Crippen molar-refractivity contribution in [1.29, 1.82) is 0 Å². The molecule has 28 heavy (non-hydrogen) atoms. The first kappa shape index (κ1) is 19.7. The van der Waals surface area contributed by atoms with Gasteiger partial charge < -0.3 is 24.2 Å². The molecule has 0 unspecified atom stereocenters. The number of aromatic carboxylic acids is 1. The van der Waals surface area contributed by atoms with Crippen molar-refractivity contribution in [3.8, 4) is 11.5 Å². The topological polar surface area (TPSA) is 85.3 Å². The molecule has 1 heterocycles. The number of benzene rings is 2. The molecule has 0 aliphatic carbocycles. The number of carbonyl (C=O) groups is 2. The van der Waals surface area contributed by atoms with E-state index in [0.29, 0.717) is 43.2 Å². The Hall–Kier alpha value is -3.06. The van der Waals surface area contributed by atoms with Crippen LogP contribution in [0.1, 0.15) is 27.9 Å². The first-order valence-electron chi connectivity index (χ1n) is 9.05. The summed E-state index contributed by atoms with van der Waals surface area (Å²) in [6.45, 7) is 1.49. The van der Waals surface area contributed by atoms with Crippen LogP contribution in [0, 0.1) is 0 Å². The molecule has 0 spiro atoms. The summed E-state index contributed by atoms with van der Waals surface area (Å²) in [4.78, 5) is 25.9. The SMILES string of the molecule is COCCN(Cc1ccc2c(c1)OCO2)C(=O)CCc1ccccc1C(=O)O. The number of hydrogen-bond donors (Lipinski definition) is 1. The van der Waals surface area contributed by atoms with Crippen molar-refractivity contribution in [2.45, 2.75) is 19.4 Å². The minimum atomic E-state index is -0.986. The van der Waals surface area contributed by atoms with Gasteiger partial charge in [-0.3, -0.25) is 4.79 Å². The second-order valence-corrected chi connectivity index (χ2v) is 6.46. The second-order valence-electron chi connectivity index (χ2n) is 6.46. The summed E-state index contributed by atoms with van der Waals surface area (Å²) in [5.74, 6) is 0.324. The highest BCUT2D eigenvalue weighted by atomic mass is 16.7. The van der Waals surface area contributed by atoms with Gasteiger partial charge in [-0.25, -0.2) is 4.79 Å². The maximum Gasteiger partial charge on any atom is 0.335 e. The van der Waals surface area contributed by atoms with Crippen molar-refractivity contribution in [2.75, 3.05) is 27.1 Å². The van der Waals surface area contributed by atoms with Gasteiger partial charge >= 0.3 is 5.97 Å². The quantitative estimate of drug-likeness (QED) is 0.714. The Balaban J connectivity index is 1.67. The van der Waals surface area contributed by atoms with Crippen LogP contribution in [0.4, 0.5) is 0 Å². The van der Waals surface area contributed by atoms with Crippen LogP contribution in [0.15, 0.2) is 42.5 Å². The number of hydrogen-bond acceptors (Lipinski definition) is 5. The Morgan fingerprint density at radius 1 is 1.14 bits per heavy atom. The fourth-order valence-electron chi connectivity index (χ4n) is 3.10. The van der Waals surface area contributed by atoms with E-state index < -0.39 is 5.97 Å². The Morgan fingerprint density at radius 3 is 2.71 bits per heavy atom. The lowest BCUT2D eigenvalue weighted by Gasteiger charge is -2.23. The van der Waals surface area contributed by atoms with Crippen LogP contribution in [0.5, 0.6) is 11.5 Å². The number of carbonyl (C=O) groups excluding carboxylic acids is 1. The van der Waals surface area contributed by atoms with Gasteiger partial charge in [0, 0.05) is 26.6 Å². The molecule has 7 nitrogen and oxygen atoms in total. The molecular formula is C21H23NO6. The fourth-order valence-corrected chi connectivity index (χ4v) is 3.10. The summed E-state index contributed by atoms with van der Waals surface area (Å²) in [7, 11) is 1.59. The van der Waals surface area contributed by atoms with Crippen molar-refractivity contribution in [2.24, 2.45) is 0 Å². The van der Waals surface area contributed by atoms with E-state index in [4.69, 9.17) is 14.2 Å². The lowest BCUT2D eigenvalue weighted by atomic mass is 10.0. The molecule has 0 bridgehead atoms. The number of fused-ring (bicyclic) bond motifs is 1. The number of carboxylic acids is 1. The van der Waals surface area contributed by atoms with E-state index >= 15 is 0 Å². The molecule has 1 amide bonds. The van der Waals surface area contributed by atoms with Gasteiger partial charge in [-0.2, -0.15) is 0 Å². The van der Waals surface area contributed by atoms with E-state index in [1.165, 1.54) is 0 Å². The monoisotopic (exact) mass is 385 g/mol. The van der Waals surface area contributed by atoms with Gasteiger partial charge in [-0.1, -0.05) is 24.3 Å². The normalized spacial score (nSPS) is 12.0. The van der Waals surface area contributed by atoms with Crippen LogP contribution in [-0.4, -0.2) is 48.9 Å². The molecule has 1 aliphatic rings. The number of nitrogens with zero attached hydrogens (tertiary/aromatic N) is 1. The Labute approximate surface area is 163 Å². The van der Waals surface area contributed by atoms with Gasteiger partial charge in [-0.05, 0) is 35.7 Å². The van der Waals surface area contributed by atoms with Gasteiger partial charge in [0.15, 0.2) is 11.5 Å². The second kappa shape index (κ2) is 9.23. The van der Waals surface area contributed by atoms with Crippen molar-refractivity contribution < 1.29 is 28.9 Å². The van der Waals surface area contributed by atoms with Gasteiger partial charge in [0.25, 0.3) is 0 Å². The number of rotatable bonds is 9. The van der Waals surface area contributed by atoms with Gasteiger partial charge in [0.1, 0.15) is 0 Å². The standard InChI is InChI=1S/C21H23NO6/c1-26-11-10-22(13-15-6-8-18-19(12-15)28-14-27-18)20(23)9-7-16-4-2-3-5-17(16)21(24)25/h2-6,8,12H,7,9-11,13-14H2,1H3,(H,24,25).